The standard InChI is InChI=1S/C17H17BrFN3O/c1-12(23)13-2-4-16(15(19)10-13)21-6-8-22(9-7-21)17-5-3-14(18)11-20-17/h2-5,10-11H,6-9H2,1H3. The average molecular weight is 378 g/mol. The number of hydrogen-bond acceptors (Lipinski definition) is 4. The minimum atomic E-state index is -0.340. The molecule has 4 nitrogen and oxygen atoms in total. The van der Waals surface area contributed by atoms with Crippen molar-refractivity contribution in [2.45, 2.75) is 6.92 Å². The molecule has 0 N–H and O–H groups in total. The Morgan fingerprint density at radius 2 is 1.83 bits per heavy atom. The number of nitrogens with zero attached hydrogens (tertiary/aromatic N) is 3. The summed E-state index contributed by atoms with van der Waals surface area (Å²) < 4.78 is 15.2. The molecule has 1 aromatic carbocycles. The highest BCUT2D eigenvalue weighted by Crippen LogP contribution is 2.24. The highest BCUT2D eigenvalue weighted by Gasteiger charge is 2.20. The molecule has 0 atom stereocenters. The zero-order valence-electron chi connectivity index (χ0n) is 12.8. The van der Waals surface area contributed by atoms with Gasteiger partial charge in [-0.3, -0.25) is 4.79 Å². The van der Waals surface area contributed by atoms with E-state index in [4.69, 9.17) is 0 Å². The second-order valence-corrected chi connectivity index (χ2v) is 6.45. The Labute approximate surface area is 143 Å². The van der Waals surface area contributed by atoms with Crippen LogP contribution < -0.4 is 9.80 Å². The maximum atomic E-state index is 14.2. The van der Waals surface area contributed by atoms with E-state index in [-0.39, 0.29) is 11.6 Å². The van der Waals surface area contributed by atoms with Crippen molar-refractivity contribution in [2.24, 2.45) is 0 Å². The Hall–Kier alpha value is -1.95. The largest absolute Gasteiger partial charge is 0.366 e. The predicted octanol–water partition coefficient (Wildman–Crippen LogP) is 3.51. The molecule has 1 fully saturated rings. The Morgan fingerprint density at radius 3 is 2.39 bits per heavy atom. The van der Waals surface area contributed by atoms with Crippen LogP contribution in [-0.2, 0) is 0 Å². The third-order valence-electron chi connectivity index (χ3n) is 4.01. The molecule has 6 heteroatoms. The maximum absolute atomic E-state index is 14.2. The minimum absolute atomic E-state index is 0.124. The van der Waals surface area contributed by atoms with E-state index < -0.39 is 0 Å². The van der Waals surface area contributed by atoms with Crippen molar-refractivity contribution in [3.05, 3.63) is 52.4 Å². The summed E-state index contributed by atoms with van der Waals surface area (Å²) in [5, 5.41) is 0. The first-order chi connectivity index (χ1) is 11.0. The molecule has 1 saturated heterocycles. The third-order valence-corrected chi connectivity index (χ3v) is 4.48. The van der Waals surface area contributed by atoms with Crippen LogP contribution in [0, 0.1) is 5.82 Å². The average Bonchev–Trinajstić information content (AvgIpc) is 2.56. The quantitative estimate of drug-likeness (QED) is 0.766. The lowest BCUT2D eigenvalue weighted by Crippen LogP contribution is -2.47. The van der Waals surface area contributed by atoms with Gasteiger partial charge in [-0.1, -0.05) is 0 Å². The first-order valence-electron chi connectivity index (χ1n) is 7.46. The van der Waals surface area contributed by atoms with Crippen molar-refractivity contribution in [2.75, 3.05) is 36.0 Å². The van der Waals surface area contributed by atoms with Gasteiger partial charge < -0.3 is 9.80 Å². The molecule has 0 aliphatic carbocycles. The van der Waals surface area contributed by atoms with Crippen LogP contribution in [0.25, 0.3) is 0 Å². The zero-order valence-corrected chi connectivity index (χ0v) is 14.4. The van der Waals surface area contributed by atoms with Gasteiger partial charge in [-0.25, -0.2) is 9.37 Å². The van der Waals surface area contributed by atoms with Gasteiger partial charge in [-0.05, 0) is 53.2 Å². The van der Waals surface area contributed by atoms with E-state index >= 15 is 0 Å². The summed E-state index contributed by atoms with van der Waals surface area (Å²) in [5.41, 5.74) is 0.961. The number of piperazine rings is 1. The van der Waals surface area contributed by atoms with Crippen molar-refractivity contribution in [3.63, 3.8) is 0 Å². The normalized spacial score (nSPS) is 14.9. The highest BCUT2D eigenvalue weighted by molar-refractivity contribution is 9.10. The van der Waals surface area contributed by atoms with Gasteiger partial charge in [0.15, 0.2) is 5.78 Å². The number of pyridine rings is 1. The lowest BCUT2D eigenvalue weighted by Gasteiger charge is -2.36. The summed E-state index contributed by atoms with van der Waals surface area (Å²) >= 11 is 3.38. The molecule has 0 saturated carbocycles. The first-order valence-corrected chi connectivity index (χ1v) is 8.26. The summed E-state index contributed by atoms with van der Waals surface area (Å²) in [6.45, 7) is 4.44. The molecule has 0 amide bonds. The van der Waals surface area contributed by atoms with Crippen LogP contribution in [0.2, 0.25) is 0 Å². The number of halogens is 2. The van der Waals surface area contributed by atoms with Crippen molar-refractivity contribution in [1.82, 2.24) is 4.98 Å². The fourth-order valence-corrected chi connectivity index (χ4v) is 2.95. The van der Waals surface area contributed by atoms with Crippen molar-refractivity contribution < 1.29 is 9.18 Å². The highest BCUT2D eigenvalue weighted by atomic mass is 79.9. The molecule has 2 aromatic rings. The number of benzene rings is 1. The number of ketones is 1. The Kier molecular flexibility index (Phi) is 4.61. The van der Waals surface area contributed by atoms with Gasteiger partial charge in [0.1, 0.15) is 11.6 Å². The van der Waals surface area contributed by atoms with Gasteiger partial charge in [-0.15, -0.1) is 0 Å². The Morgan fingerprint density at radius 1 is 1.13 bits per heavy atom. The fourth-order valence-electron chi connectivity index (χ4n) is 2.71. The second-order valence-electron chi connectivity index (χ2n) is 5.53. The monoisotopic (exact) mass is 377 g/mol. The second kappa shape index (κ2) is 6.66. The number of carbonyl (C=O) groups is 1. The van der Waals surface area contributed by atoms with E-state index in [1.165, 1.54) is 13.0 Å². The van der Waals surface area contributed by atoms with Crippen LogP contribution in [0.5, 0.6) is 0 Å². The van der Waals surface area contributed by atoms with E-state index in [2.05, 4.69) is 25.8 Å². The molecule has 1 aromatic heterocycles. The molecule has 0 radical (unpaired) electrons. The first kappa shape index (κ1) is 15.9. The van der Waals surface area contributed by atoms with Crippen LogP contribution in [0.3, 0.4) is 0 Å². The van der Waals surface area contributed by atoms with Gasteiger partial charge in [-0.2, -0.15) is 0 Å². The molecule has 0 spiro atoms. The summed E-state index contributed by atoms with van der Waals surface area (Å²) in [7, 11) is 0. The number of rotatable bonds is 3. The van der Waals surface area contributed by atoms with E-state index in [1.807, 2.05) is 17.0 Å². The smallest absolute Gasteiger partial charge is 0.159 e. The summed E-state index contributed by atoms with van der Waals surface area (Å²) in [4.78, 5) is 19.9. The third kappa shape index (κ3) is 3.52. The Bertz CT molecular complexity index is 712. The SMILES string of the molecule is CC(=O)c1ccc(N2CCN(c3ccc(Br)cn3)CC2)c(F)c1. The van der Waals surface area contributed by atoms with Gasteiger partial charge in [0.25, 0.3) is 0 Å². The lowest BCUT2D eigenvalue weighted by molar-refractivity contribution is 0.101. The molecule has 1 aliphatic rings. The molecular weight excluding hydrogens is 361 g/mol. The maximum Gasteiger partial charge on any atom is 0.159 e. The van der Waals surface area contributed by atoms with E-state index in [0.29, 0.717) is 24.3 Å². The van der Waals surface area contributed by atoms with Crippen LogP contribution in [0.15, 0.2) is 41.0 Å². The number of anilines is 2. The van der Waals surface area contributed by atoms with E-state index in [9.17, 15) is 9.18 Å². The topological polar surface area (TPSA) is 36.4 Å². The van der Waals surface area contributed by atoms with Crippen LogP contribution >= 0.6 is 15.9 Å². The van der Waals surface area contributed by atoms with Gasteiger partial charge in [0.05, 0.1) is 5.69 Å². The number of Topliss-reactive ketones (excluding diaryl/α,β-unsaturated/α-hetero) is 1. The van der Waals surface area contributed by atoms with E-state index in [1.54, 1.807) is 18.3 Å². The molecule has 120 valence electrons. The molecule has 1 aliphatic heterocycles. The van der Waals surface area contributed by atoms with Crippen LogP contribution in [0.4, 0.5) is 15.9 Å². The zero-order chi connectivity index (χ0) is 16.4. The minimum Gasteiger partial charge on any atom is -0.366 e. The van der Waals surface area contributed by atoms with Gasteiger partial charge in [0, 0.05) is 42.4 Å². The number of hydrogen-bond donors (Lipinski definition) is 0. The predicted molar refractivity (Wildman–Crippen MR) is 92.8 cm³/mol. The fraction of sp³-hybridized carbons (Fsp3) is 0.294. The van der Waals surface area contributed by atoms with Crippen LogP contribution in [-0.4, -0.2) is 36.9 Å². The number of carbonyl (C=O) groups excluding carboxylic acids is 1. The molecule has 23 heavy (non-hydrogen) atoms. The molecule has 0 unspecified atom stereocenters. The van der Waals surface area contributed by atoms with Gasteiger partial charge >= 0.3 is 0 Å². The van der Waals surface area contributed by atoms with Gasteiger partial charge in [0.2, 0.25) is 0 Å². The summed E-state index contributed by atoms with van der Waals surface area (Å²) in [6, 6.07) is 8.64. The van der Waals surface area contributed by atoms with Crippen molar-refractivity contribution in [3.8, 4) is 0 Å². The Balaban J connectivity index is 1.69. The molecular formula is C17H17BrFN3O. The molecule has 3 rings (SSSR count). The lowest BCUT2D eigenvalue weighted by atomic mass is 10.1. The number of aromatic nitrogens is 1. The molecule has 0 bridgehead atoms. The van der Waals surface area contributed by atoms with Crippen molar-refractivity contribution in [1.29, 1.82) is 0 Å². The summed E-state index contributed by atoms with van der Waals surface area (Å²) in [6.07, 6.45) is 1.78. The summed E-state index contributed by atoms with van der Waals surface area (Å²) in [5.74, 6) is 0.467. The van der Waals surface area contributed by atoms with Crippen LogP contribution in [0.1, 0.15) is 17.3 Å². The van der Waals surface area contributed by atoms with E-state index in [0.717, 1.165) is 23.4 Å². The van der Waals surface area contributed by atoms with Crippen molar-refractivity contribution >= 4 is 33.2 Å². The molecule has 2 heterocycles.